The summed E-state index contributed by atoms with van der Waals surface area (Å²) in [5.74, 6) is 1.90. The van der Waals surface area contributed by atoms with Crippen molar-refractivity contribution in [2.24, 2.45) is 5.92 Å². The van der Waals surface area contributed by atoms with E-state index in [0.717, 1.165) is 12.4 Å². The summed E-state index contributed by atoms with van der Waals surface area (Å²) in [6, 6.07) is 12.3. The first-order valence-electron chi connectivity index (χ1n) is 7.63. The van der Waals surface area contributed by atoms with Crippen molar-refractivity contribution in [1.82, 2.24) is 0 Å². The van der Waals surface area contributed by atoms with Gasteiger partial charge in [-0.15, -0.1) is 12.4 Å². The second kappa shape index (κ2) is 7.93. The summed E-state index contributed by atoms with van der Waals surface area (Å²) in [7, 11) is 1.57. The number of halogens is 1. The lowest BCUT2D eigenvalue weighted by atomic mass is 10.2. The standard InChI is InChI=1S/C18H20N2O3.ClH/c1-22-15-8-9-16(19)17(10-15)20-18(21)13-4-6-14(7-5-13)23-11-12-2-3-12;/h4-10,12H,2-3,11,19H2,1H3,(H,20,21);1H. The molecule has 1 amide bonds. The number of carbonyl (C=O) groups is 1. The van der Waals surface area contributed by atoms with Gasteiger partial charge in [0.15, 0.2) is 0 Å². The van der Waals surface area contributed by atoms with E-state index in [1.54, 1.807) is 37.4 Å². The molecule has 128 valence electrons. The first-order valence-corrected chi connectivity index (χ1v) is 7.63. The normalized spacial score (nSPS) is 12.9. The number of hydrogen-bond acceptors (Lipinski definition) is 4. The van der Waals surface area contributed by atoms with Gasteiger partial charge in [-0.05, 0) is 55.2 Å². The second-order valence-corrected chi connectivity index (χ2v) is 5.69. The van der Waals surface area contributed by atoms with Crippen LogP contribution in [-0.2, 0) is 0 Å². The molecule has 0 saturated heterocycles. The van der Waals surface area contributed by atoms with Crippen molar-refractivity contribution >= 4 is 29.7 Å². The maximum atomic E-state index is 12.3. The highest BCUT2D eigenvalue weighted by Crippen LogP contribution is 2.29. The highest BCUT2D eigenvalue weighted by Gasteiger charge is 2.21. The van der Waals surface area contributed by atoms with Crippen LogP contribution in [0.25, 0.3) is 0 Å². The molecule has 1 saturated carbocycles. The molecule has 0 aromatic heterocycles. The molecule has 0 atom stereocenters. The lowest BCUT2D eigenvalue weighted by Crippen LogP contribution is -2.13. The number of nitrogen functional groups attached to an aromatic ring is 1. The molecule has 5 nitrogen and oxygen atoms in total. The van der Waals surface area contributed by atoms with Crippen molar-refractivity contribution < 1.29 is 14.3 Å². The molecule has 0 aliphatic heterocycles. The molecule has 1 fully saturated rings. The Bertz CT molecular complexity index is 700. The maximum Gasteiger partial charge on any atom is 0.255 e. The van der Waals surface area contributed by atoms with Crippen LogP contribution in [0.4, 0.5) is 11.4 Å². The molecule has 0 bridgehead atoms. The van der Waals surface area contributed by atoms with Gasteiger partial charge < -0.3 is 20.5 Å². The number of rotatable bonds is 6. The highest BCUT2D eigenvalue weighted by atomic mass is 35.5. The van der Waals surface area contributed by atoms with Crippen LogP contribution in [0.3, 0.4) is 0 Å². The number of ether oxygens (including phenoxy) is 2. The van der Waals surface area contributed by atoms with Gasteiger partial charge in [0.25, 0.3) is 5.91 Å². The van der Waals surface area contributed by atoms with Crippen molar-refractivity contribution in [2.45, 2.75) is 12.8 Å². The van der Waals surface area contributed by atoms with Crippen LogP contribution >= 0.6 is 12.4 Å². The fraction of sp³-hybridized carbons (Fsp3) is 0.278. The molecule has 0 heterocycles. The molecule has 3 rings (SSSR count). The topological polar surface area (TPSA) is 73.6 Å². The number of methoxy groups -OCH3 is 1. The number of carbonyl (C=O) groups excluding carboxylic acids is 1. The summed E-state index contributed by atoms with van der Waals surface area (Å²) in [5, 5.41) is 2.80. The maximum absolute atomic E-state index is 12.3. The fourth-order valence-electron chi connectivity index (χ4n) is 2.17. The van der Waals surface area contributed by atoms with E-state index in [0.29, 0.717) is 28.6 Å². The van der Waals surface area contributed by atoms with Crippen LogP contribution in [-0.4, -0.2) is 19.6 Å². The third-order valence-corrected chi connectivity index (χ3v) is 3.81. The third-order valence-electron chi connectivity index (χ3n) is 3.81. The average Bonchev–Trinajstić information content (AvgIpc) is 3.40. The van der Waals surface area contributed by atoms with E-state index in [-0.39, 0.29) is 18.3 Å². The zero-order chi connectivity index (χ0) is 16.2. The minimum atomic E-state index is -0.223. The average molecular weight is 349 g/mol. The van der Waals surface area contributed by atoms with Gasteiger partial charge in [-0.25, -0.2) is 0 Å². The van der Waals surface area contributed by atoms with Gasteiger partial charge >= 0.3 is 0 Å². The van der Waals surface area contributed by atoms with Gasteiger partial charge in [-0.3, -0.25) is 4.79 Å². The van der Waals surface area contributed by atoms with Gasteiger partial charge in [-0.2, -0.15) is 0 Å². The monoisotopic (exact) mass is 348 g/mol. The van der Waals surface area contributed by atoms with Crippen LogP contribution in [0.2, 0.25) is 0 Å². The molecule has 0 unspecified atom stereocenters. The van der Waals surface area contributed by atoms with Crippen LogP contribution in [0, 0.1) is 5.92 Å². The first-order chi connectivity index (χ1) is 11.2. The summed E-state index contributed by atoms with van der Waals surface area (Å²) >= 11 is 0. The smallest absolute Gasteiger partial charge is 0.255 e. The predicted octanol–water partition coefficient (Wildman–Crippen LogP) is 3.74. The third kappa shape index (κ3) is 4.55. The van der Waals surface area contributed by atoms with Crippen molar-refractivity contribution in [1.29, 1.82) is 0 Å². The largest absolute Gasteiger partial charge is 0.497 e. The van der Waals surface area contributed by atoms with Gasteiger partial charge in [0.1, 0.15) is 11.5 Å². The highest BCUT2D eigenvalue weighted by molar-refractivity contribution is 6.05. The Morgan fingerprint density at radius 2 is 1.83 bits per heavy atom. The zero-order valence-corrected chi connectivity index (χ0v) is 14.3. The molecule has 0 radical (unpaired) electrons. The number of benzene rings is 2. The molecule has 6 heteroatoms. The number of nitrogens with two attached hydrogens (primary N) is 1. The van der Waals surface area contributed by atoms with Crippen molar-refractivity contribution in [3.63, 3.8) is 0 Å². The van der Waals surface area contributed by atoms with Crippen LogP contribution in [0.15, 0.2) is 42.5 Å². The summed E-state index contributed by atoms with van der Waals surface area (Å²) in [6.07, 6.45) is 2.50. The van der Waals surface area contributed by atoms with E-state index in [2.05, 4.69) is 5.32 Å². The Morgan fingerprint density at radius 3 is 2.46 bits per heavy atom. The molecule has 2 aromatic carbocycles. The number of hydrogen-bond donors (Lipinski definition) is 2. The summed E-state index contributed by atoms with van der Waals surface area (Å²) < 4.78 is 10.8. The summed E-state index contributed by atoms with van der Waals surface area (Å²) in [4.78, 5) is 12.3. The molecular weight excluding hydrogens is 328 g/mol. The first kappa shape index (κ1) is 17.9. The lowest BCUT2D eigenvalue weighted by molar-refractivity contribution is 0.102. The SMILES string of the molecule is COc1ccc(N)c(NC(=O)c2ccc(OCC3CC3)cc2)c1.Cl. The summed E-state index contributed by atoms with van der Waals surface area (Å²) in [6.45, 7) is 0.756. The van der Waals surface area contributed by atoms with E-state index in [9.17, 15) is 4.79 Å². The Kier molecular flexibility index (Phi) is 5.93. The summed E-state index contributed by atoms with van der Waals surface area (Å²) in [5.41, 5.74) is 7.45. The fourth-order valence-corrected chi connectivity index (χ4v) is 2.17. The molecule has 2 aromatic rings. The molecule has 1 aliphatic rings. The van der Waals surface area contributed by atoms with Crippen LogP contribution in [0.5, 0.6) is 11.5 Å². The van der Waals surface area contributed by atoms with Crippen molar-refractivity contribution in [2.75, 3.05) is 24.8 Å². The predicted molar refractivity (Wildman–Crippen MR) is 97.3 cm³/mol. The van der Waals surface area contributed by atoms with Crippen LogP contribution in [0.1, 0.15) is 23.2 Å². The molecule has 1 aliphatic carbocycles. The minimum Gasteiger partial charge on any atom is -0.497 e. The van der Waals surface area contributed by atoms with Gasteiger partial charge in [0.05, 0.1) is 25.1 Å². The van der Waals surface area contributed by atoms with Gasteiger partial charge in [0.2, 0.25) is 0 Å². The van der Waals surface area contributed by atoms with E-state index >= 15 is 0 Å². The second-order valence-electron chi connectivity index (χ2n) is 5.69. The molecule has 3 N–H and O–H groups in total. The Morgan fingerprint density at radius 1 is 1.17 bits per heavy atom. The molecule has 24 heavy (non-hydrogen) atoms. The Hall–Kier alpha value is -2.40. The van der Waals surface area contributed by atoms with Crippen molar-refractivity contribution in [3.05, 3.63) is 48.0 Å². The number of amides is 1. The zero-order valence-electron chi connectivity index (χ0n) is 13.5. The van der Waals surface area contributed by atoms with Gasteiger partial charge in [-0.1, -0.05) is 0 Å². The van der Waals surface area contributed by atoms with E-state index in [4.69, 9.17) is 15.2 Å². The lowest BCUT2D eigenvalue weighted by Gasteiger charge is -2.10. The number of nitrogens with one attached hydrogen (secondary N) is 1. The number of anilines is 2. The van der Waals surface area contributed by atoms with Crippen molar-refractivity contribution in [3.8, 4) is 11.5 Å². The minimum absolute atomic E-state index is 0. The van der Waals surface area contributed by atoms with Crippen LogP contribution < -0.4 is 20.5 Å². The molecular formula is C18H21ClN2O3. The van der Waals surface area contributed by atoms with Gasteiger partial charge in [0, 0.05) is 11.6 Å². The Labute approximate surface area is 147 Å². The quantitative estimate of drug-likeness (QED) is 0.780. The van der Waals surface area contributed by atoms with E-state index < -0.39 is 0 Å². The Balaban J connectivity index is 0.00000208. The molecule has 0 spiro atoms. The van der Waals surface area contributed by atoms with E-state index in [1.807, 2.05) is 12.1 Å². The van der Waals surface area contributed by atoms with E-state index in [1.165, 1.54) is 12.8 Å².